The number of piperidine rings is 1. The van der Waals surface area contributed by atoms with Crippen molar-refractivity contribution in [2.24, 2.45) is 5.16 Å². The molecule has 1 aliphatic rings. The Morgan fingerprint density at radius 3 is 2.67 bits per heavy atom. The molecule has 2 atom stereocenters. The first-order valence-electron chi connectivity index (χ1n) is 7.61. The van der Waals surface area contributed by atoms with Crippen LogP contribution in [0.15, 0.2) is 29.4 Å². The molecule has 0 saturated carbocycles. The minimum atomic E-state index is 0.0110. The summed E-state index contributed by atoms with van der Waals surface area (Å²) in [6.45, 7) is 6.23. The third-order valence-corrected chi connectivity index (χ3v) is 4.12. The van der Waals surface area contributed by atoms with Gasteiger partial charge in [-0.1, -0.05) is 29.4 Å². The van der Waals surface area contributed by atoms with Gasteiger partial charge in [0, 0.05) is 12.1 Å². The second kappa shape index (κ2) is 7.25. The van der Waals surface area contributed by atoms with Crippen LogP contribution in [-0.2, 0) is 9.63 Å². The van der Waals surface area contributed by atoms with Crippen molar-refractivity contribution in [2.75, 3.05) is 6.61 Å². The second-order valence-electron chi connectivity index (χ2n) is 5.79. The van der Waals surface area contributed by atoms with Gasteiger partial charge in [-0.15, -0.1) is 0 Å². The van der Waals surface area contributed by atoms with Crippen LogP contribution in [0.3, 0.4) is 0 Å². The van der Waals surface area contributed by atoms with E-state index < -0.39 is 0 Å². The predicted molar refractivity (Wildman–Crippen MR) is 84.3 cm³/mol. The molecule has 0 N–H and O–H groups in total. The number of likely N-dealkylation sites (tertiary alicyclic amines) is 1. The number of hydrogen-bond donors (Lipinski definition) is 0. The van der Waals surface area contributed by atoms with Gasteiger partial charge in [0.05, 0.1) is 6.21 Å². The lowest BCUT2D eigenvalue weighted by Gasteiger charge is -2.38. The number of amides is 1. The Morgan fingerprint density at radius 2 is 2.00 bits per heavy atom. The van der Waals surface area contributed by atoms with Crippen LogP contribution in [0, 0.1) is 6.92 Å². The third-order valence-electron chi connectivity index (χ3n) is 4.12. The number of nitrogens with zero attached hydrogens (tertiary/aromatic N) is 2. The molecule has 0 bridgehead atoms. The van der Waals surface area contributed by atoms with E-state index in [1.54, 1.807) is 6.21 Å². The second-order valence-corrected chi connectivity index (χ2v) is 5.79. The zero-order valence-electron chi connectivity index (χ0n) is 13.1. The zero-order valence-corrected chi connectivity index (χ0v) is 13.1. The fraction of sp³-hybridized carbons (Fsp3) is 0.529. The Bertz CT molecular complexity index is 503. The number of aryl methyl sites for hydroxylation is 1. The van der Waals surface area contributed by atoms with Crippen LogP contribution in [0.25, 0.3) is 0 Å². The molecule has 21 heavy (non-hydrogen) atoms. The molecule has 2 rings (SSSR count). The highest BCUT2D eigenvalue weighted by molar-refractivity contribution is 5.81. The van der Waals surface area contributed by atoms with Crippen molar-refractivity contribution in [1.29, 1.82) is 0 Å². The van der Waals surface area contributed by atoms with Crippen molar-refractivity contribution < 1.29 is 9.63 Å². The van der Waals surface area contributed by atoms with Crippen LogP contribution < -0.4 is 0 Å². The molecule has 1 aromatic carbocycles. The third kappa shape index (κ3) is 4.06. The van der Waals surface area contributed by atoms with Crippen molar-refractivity contribution >= 4 is 12.1 Å². The van der Waals surface area contributed by atoms with Gasteiger partial charge in [-0.25, -0.2) is 0 Å². The van der Waals surface area contributed by atoms with Gasteiger partial charge in [0.1, 0.15) is 0 Å². The van der Waals surface area contributed by atoms with Crippen LogP contribution in [-0.4, -0.2) is 35.7 Å². The van der Waals surface area contributed by atoms with E-state index in [0.717, 1.165) is 24.0 Å². The van der Waals surface area contributed by atoms with Crippen molar-refractivity contribution in [3.05, 3.63) is 35.4 Å². The number of oxime groups is 1. The van der Waals surface area contributed by atoms with E-state index >= 15 is 0 Å². The van der Waals surface area contributed by atoms with Gasteiger partial charge < -0.3 is 9.74 Å². The monoisotopic (exact) mass is 288 g/mol. The lowest BCUT2D eigenvalue weighted by molar-refractivity contribution is -0.142. The molecule has 114 valence electrons. The van der Waals surface area contributed by atoms with Crippen LogP contribution in [0.4, 0.5) is 0 Å². The Labute approximate surface area is 126 Å². The molecule has 1 fully saturated rings. The van der Waals surface area contributed by atoms with Crippen molar-refractivity contribution in [2.45, 2.75) is 52.1 Å². The maximum atomic E-state index is 12.2. The first-order chi connectivity index (χ1) is 10.1. The summed E-state index contributed by atoms with van der Waals surface area (Å²) in [5.74, 6) is 0.0247. The molecule has 4 nitrogen and oxygen atoms in total. The van der Waals surface area contributed by atoms with E-state index in [2.05, 4.69) is 19.0 Å². The Kier molecular flexibility index (Phi) is 5.37. The van der Waals surface area contributed by atoms with Gasteiger partial charge in [0.2, 0.25) is 0 Å². The maximum absolute atomic E-state index is 12.2. The first kappa shape index (κ1) is 15.5. The largest absolute Gasteiger partial charge is 0.386 e. The van der Waals surface area contributed by atoms with E-state index in [9.17, 15) is 4.79 Å². The topological polar surface area (TPSA) is 41.9 Å². The quantitative estimate of drug-likeness (QED) is 0.631. The SMILES string of the molecule is Cc1ccccc1C=NOCC(=O)N1C(C)CCCC1C. The van der Waals surface area contributed by atoms with Crippen LogP contribution >= 0.6 is 0 Å². The summed E-state index contributed by atoms with van der Waals surface area (Å²) in [5, 5.41) is 3.91. The molecule has 4 heteroatoms. The molecule has 1 saturated heterocycles. The van der Waals surface area contributed by atoms with E-state index in [1.807, 2.05) is 36.1 Å². The molecule has 0 radical (unpaired) electrons. The number of carbonyl (C=O) groups excluding carboxylic acids is 1. The molecule has 1 aliphatic heterocycles. The molecule has 0 spiro atoms. The summed E-state index contributed by atoms with van der Waals surface area (Å²) in [6.07, 6.45) is 5.00. The summed E-state index contributed by atoms with van der Waals surface area (Å²) in [4.78, 5) is 19.3. The lowest BCUT2D eigenvalue weighted by Crippen LogP contribution is -2.48. The highest BCUT2D eigenvalue weighted by atomic mass is 16.6. The average Bonchev–Trinajstić information content (AvgIpc) is 2.45. The highest BCUT2D eigenvalue weighted by Gasteiger charge is 2.28. The molecule has 1 amide bonds. The standard InChI is InChI=1S/C17H24N2O2/c1-13-7-4-5-10-16(13)11-18-21-12-17(20)19-14(2)8-6-9-15(19)3/h4-5,7,10-11,14-15H,6,8-9,12H2,1-3H3. The summed E-state index contributed by atoms with van der Waals surface area (Å²) in [5.41, 5.74) is 2.14. The molecule has 0 aromatic heterocycles. The van der Waals surface area contributed by atoms with Gasteiger partial charge in [0.25, 0.3) is 5.91 Å². The number of rotatable bonds is 4. The number of hydrogen-bond acceptors (Lipinski definition) is 3. The van der Waals surface area contributed by atoms with Gasteiger partial charge in [0.15, 0.2) is 6.61 Å². The van der Waals surface area contributed by atoms with E-state index in [-0.39, 0.29) is 12.5 Å². The van der Waals surface area contributed by atoms with E-state index in [4.69, 9.17) is 4.84 Å². The Balaban J connectivity index is 1.85. The Hall–Kier alpha value is -1.84. The Morgan fingerprint density at radius 1 is 1.33 bits per heavy atom. The average molecular weight is 288 g/mol. The highest BCUT2D eigenvalue weighted by Crippen LogP contribution is 2.22. The van der Waals surface area contributed by atoms with Gasteiger partial charge in [-0.2, -0.15) is 0 Å². The fourth-order valence-electron chi connectivity index (χ4n) is 2.91. The van der Waals surface area contributed by atoms with Crippen LogP contribution in [0.1, 0.15) is 44.2 Å². The minimum Gasteiger partial charge on any atom is -0.386 e. The van der Waals surface area contributed by atoms with Gasteiger partial charge in [-0.3, -0.25) is 4.79 Å². The lowest BCUT2D eigenvalue weighted by atomic mass is 9.97. The van der Waals surface area contributed by atoms with Crippen LogP contribution in [0.5, 0.6) is 0 Å². The number of carbonyl (C=O) groups is 1. The summed E-state index contributed by atoms with van der Waals surface area (Å²) in [6, 6.07) is 8.52. The first-order valence-corrected chi connectivity index (χ1v) is 7.61. The van der Waals surface area contributed by atoms with Gasteiger partial charge in [-0.05, 0) is 51.2 Å². The summed E-state index contributed by atoms with van der Waals surface area (Å²) in [7, 11) is 0. The molecule has 1 heterocycles. The number of benzene rings is 1. The van der Waals surface area contributed by atoms with Crippen molar-refractivity contribution in [3.63, 3.8) is 0 Å². The maximum Gasteiger partial charge on any atom is 0.263 e. The smallest absolute Gasteiger partial charge is 0.263 e. The van der Waals surface area contributed by atoms with Gasteiger partial charge >= 0.3 is 0 Å². The minimum absolute atomic E-state index is 0.0110. The molecular formula is C17H24N2O2. The normalized spacial score (nSPS) is 22.5. The molecule has 0 aliphatic carbocycles. The molecule has 2 unspecified atom stereocenters. The van der Waals surface area contributed by atoms with Crippen molar-refractivity contribution in [1.82, 2.24) is 4.90 Å². The fourth-order valence-corrected chi connectivity index (χ4v) is 2.91. The molecular weight excluding hydrogens is 264 g/mol. The predicted octanol–water partition coefficient (Wildman–Crippen LogP) is 3.14. The summed E-state index contributed by atoms with van der Waals surface area (Å²) >= 11 is 0. The molecule has 1 aromatic rings. The van der Waals surface area contributed by atoms with E-state index in [1.165, 1.54) is 6.42 Å². The van der Waals surface area contributed by atoms with Crippen LogP contribution in [0.2, 0.25) is 0 Å². The zero-order chi connectivity index (χ0) is 15.2. The van der Waals surface area contributed by atoms with E-state index in [0.29, 0.717) is 12.1 Å². The van der Waals surface area contributed by atoms with Crippen molar-refractivity contribution in [3.8, 4) is 0 Å². The summed E-state index contributed by atoms with van der Waals surface area (Å²) < 4.78 is 0.